The third-order valence-electron chi connectivity index (χ3n) is 4.43. The Kier molecular flexibility index (Phi) is 1.60. The molecule has 0 saturated heterocycles. The Morgan fingerprint density at radius 2 is 1.87 bits per heavy atom. The second-order valence-corrected chi connectivity index (χ2v) is 6.31. The number of benzene rings is 1. The summed E-state index contributed by atoms with van der Waals surface area (Å²) in [6.45, 7) is 0. The molecule has 2 heteroatoms. The van der Waals surface area contributed by atoms with Gasteiger partial charge in [0, 0.05) is 16.1 Å². The highest BCUT2D eigenvalue weighted by Gasteiger charge is 2.74. The van der Waals surface area contributed by atoms with E-state index >= 15 is 0 Å². The van der Waals surface area contributed by atoms with Crippen molar-refractivity contribution in [3.63, 3.8) is 0 Å². The zero-order valence-corrected chi connectivity index (χ0v) is 9.16. The number of rotatable bonds is 2. The Hall–Kier alpha value is -0.500. The van der Waals surface area contributed by atoms with Crippen LogP contribution in [0.25, 0.3) is 0 Å². The van der Waals surface area contributed by atoms with Gasteiger partial charge in [0.2, 0.25) is 0 Å². The molecule has 0 aromatic heterocycles. The van der Waals surface area contributed by atoms with Gasteiger partial charge in [0.15, 0.2) is 0 Å². The zero-order valence-electron chi connectivity index (χ0n) is 8.34. The van der Waals surface area contributed by atoms with Crippen molar-refractivity contribution in [1.82, 2.24) is 0 Å². The Bertz CT molecular complexity index is 391. The van der Waals surface area contributed by atoms with Crippen LogP contribution in [-0.4, -0.2) is 11.4 Å². The lowest BCUT2D eigenvalue weighted by Gasteiger charge is -2.15. The molecule has 4 aliphatic carbocycles. The van der Waals surface area contributed by atoms with Crippen LogP contribution in [0.2, 0.25) is 0 Å². The molecule has 78 valence electrons. The highest BCUT2D eigenvalue weighted by atomic mass is 32.2. The van der Waals surface area contributed by atoms with Crippen LogP contribution in [0.15, 0.2) is 35.2 Å². The molecule has 5 rings (SSSR count). The van der Waals surface area contributed by atoms with E-state index in [0.29, 0.717) is 17.1 Å². The fraction of sp³-hybridized carbons (Fsp3) is 0.538. The van der Waals surface area contributed by atoms with Crippen molar-refractivity contribution in [2.75, 3.05) is 0 Å². The summed E-state index contributed by atoms with van der Waals surface area (Å²) >= 11 is 1.91. The van der Waals surface area contributed by atoms with Gasteiger partial charge < -0.3 is 0 Å². The maximum Gasteiger partial charge on any atom is 0.107 e. The van der Waals surface area contributed by atoms with Crippen LogP contribution in [0.4, 0.5) is 4.39 Å². The Morgan fingerprint density at radius 1 is 1.07 bits per heavy atom. The van der Waals surface area contributed by atoms with Crippen molar-refractivity contribution in [2.45, 2.75) is 22.7 Å². The van der Waals surface area contributed by atoms with Crippen LogP contribution in [0.1, 0.15) is 6.42 Å². The SMILES string of the molecule is FC1C2CC3C1C3C2Sc1ccccc1. The highest BCUT2D eigenvalue weighted by Crippen LogP contribution is 2.74. The van der Waals surface area contributed by atoms with Gasteiger partial charge in [-0.2, -0.15) is 0 Å². The molecule has 4 aliphatic rings. The molecule has 0 amide bonds. The van der Waals surface area contributed by atoms with E-state index in [2.05, 4.69) is 24.3 Å². The van der Waals surface area contributed by atoms with E-state index in [0.717, 1.165) is 11.8 Å². The van der Waals surface area contributed by atoms with Gasteiger partial charge in [0.05, 0.1) is 0 Å². The second kappa shape index (κ2) is 2.79. The van der Waals surface area contributed by atoms with E-state index in [-0.39, 0.29) is 0 Å². The van der Waals surface area contributed by atoms with Crippen molar-refractivity contribution in [1.29, 1.82) is 0 Å². The largest absolute Gasteiger partial charge is 0.247 e. The monoisotopic (exact) mass is 220 g/mol. The topological polar surface area (TPSA) is 0 Å². The van der Waals surface area contributed by atoms with E-state index in [4.69, 9.17) is 0 Å². The van der Waals surface area contributed by atoms with Crippen LogP contribution in [0, 0.1) is 23.7 Å². The molecule has 6 unspecified atom stereocenters. The minimum atomic E-state index is -0.471. The normalized spacial score (nSPS) is 49.7. The summed E-state index contributed by atoms with van der Waals surface area (Å²) in [5, 5.41) is 0.581. The lowest BCUT2D eigenvalue weighted by molar-refractivity contribution is 0.273. The van der Waals surface area contributed by atoms with E-state index < -0.39 is 6.17 Å². The first-order valence-electron chi connectivity index (χ1n) is 5.72. The predicted octanol–water partition coefficient (Wildman–Crippen LogP) is 3.38. The van der Waals surface area contributed by atoms with E-state index in [1.165, 1.54) is 11.3 Å². The van der Waals surface area contributed by atoms with Crippen LogP contribution < -0.4 is 0 Å². The molecular formula is C13H13FS. The lowest BCUT2D eigenvalue weighted by Crippen LogP contribution is -2.14. The second-order valence-electron chi connectivity index (χ2n) is 5.06. The molecule has 0 N–H and O–H groups in total. The minimum Gasteiger partial charge on any atom is -0.247 e. The average molecular weight is 220 g/mol. The van der Waals surface area contributed by atoms with Gasteiger partial charge in [0.1, 0.15) is 6.17 Å². The number of hydrogen-bond acceptors (Lipinski definition) is 1. The molecule has 0 heterocycles. The zero-order chi connectivity index (χ0) is 9.99. The number of hydrogen-bond donors (Lipinski definition) is 0. The molecular weight excluding hydrogens is 207 g/mol. The fourth-order valence-corrected chi connectivity index (χ4v) is 5.41. The molecule has 6 atom stereocenters. The third-order valence-corrected chi connectivity index (χ3v) is 5.91. The molecule has 4 saturated carbocycles. The molecule has 4 fully saturated rings. The molecule has 4 bridgehead atoms. The van der Waals surface area contributed by atoms with Gasteiger partial charge in [-0.1, -0.05) is 18.2 Å². The van der Waals surface area contributed by atoms with Gasteiger partial charge in [-0.15, -0.1) is 11.8 Å². The first kappa shape index (κ1) is 8.63. The van der Waals surface area contributed by atoms with Gasteiger partial charge in [-0.3, -0.25) is 0 Å². The summed E-state index contributed by atoms with van der Waals surface area (Å²) in [4.78, 5) is 1.31. The lowest BCUT2D eigenvalue weighted by atomic mass is 10.1. The minimum absolute atomic E-state index is 0.371. The highest BCUT2D eigenvalue weighted by molar-refractivity contribution is 8.00. The maximum absolute atomic E-state index is 13.7. The summed E-state index contributed by atoms with van der Waals surface area (Å²) in [6.07, 6.45) is 0.697. The Morgan fingerprint density at radius 3 is 2.40 bits per heavy atom. The van der Waals surface area contributed by atoms with Crippen molar-refractivity contribution < 1.29 is 4.39 Å². The predicted molar refractivity (Wildman–Crippen MR) is 59.6 cm³/mol. The van der Waals surface area contributed by atoms with Crippen molar-refractivity contribution >= 4 is 11.8 Å². The van der Waals surface area contributed by atoms with Crippen LogP contribution in [0.5, 0.6) is 0 Å². The molecule has 0 radical (unpaired) electrons. The Balaban J connectivity index is 1.58. The molecule has 0 aliphatic heterocycles. The molecule has 0 nitrogen and oxygen atoms in total. The van der Waals surface area contributed by atoms with E-state index in [1.807, 2.05) is 17.8 Å². The van der Waals surface area contributed by atoms with Gasteiger partial charge in [0.25, 0.3) is 0 Å². The van der Waals surface area contributed by atoms with E-state index in [9.17, 15) is 4.39 Å². The van der Waals surface area contributed by atoms with Gasteiger partial charge in [-0.25, -0.2) is 4.39 Å². The summed E-state index contributed by atoms with van der Waals surface area (Å²) < 4.78 is 13.7. The standard InChI is InChI=1S/C13H13FS/c14-12-9-6-8-10(12)11(8)13(9)15-7-4-2-1-3-5-7/h1-5,8-13H,6H2. The third kappa shape index (κ3) is 1.04. The van der Waals surface area contributed by atoms with Crippen molar-refractivity contribution in [3.8, 4) is 0 Å². The van der Waals surface area contributed by atoms with Crippen molar-refractivity contribution in [2.24, 2.45) is 23.7 Å². The van der Waals surface area contributed by atoms with Crippen LogP contribution in [0.3, 0.4) is 0 Å². The average Bonchev–Trinajstić information content (AvgIpc) is 2.58. The van der Waals surface area contributed by atoms with Gasteiger partial charge in [-0.05, 0) is 36.3 Å². The number of halogens is 1. The molecule has 1 aromatic rings. The molecule has 15 heavy (non-hydrogen) atoms. The van der Waals surface area contributed by atoms with Gasteiger partial charge >= 0.3 is 0 Å². The smallest absolute Gasteiger partial charge is 0.107 e. The number of alkyl halides is 1. The van der Waals surface area contributed by atoms with E-state index in [1.54, 1.807) is 0 Å². The maximum atomic E-state index is 13.7. The fourth-order valence-electron chi connectivity index (χ4n) is 3.81. The quantitative estimate of drug-likeness (QED) is 0.736. The molecule has 0 spiro atoms. The summed E-state index contributed by atoms with van der Waals surface area (Å²) in [5.41, 5.74) is 0. The summed E-state index contributed by atoms with van der Waals surface area (Å²) in [7, 11) is 0. The Labute approximate surface area is 93.3 Å². The van der Waals surface area contributed by atoms with Crippen LogP contribution in [-0.2, 0) is 0 Å². The number of thioether (sulfide) groups is 1. The molecule has 1 aromatic carbocycles. The summed E-state index contributed by atoms with van der Waals surface area (Å²) in [5.74, 6) is 2.30. The van der Waals surface area contributed by atoms with Crippen LogP contribution >= 0.6 is 11.8 Å². The first-order chi connectivity index (χ1) is 7.36. The van der Waals surface area contributed by atoms with Crippen molar-refractivity contribution in [3.05, 3.63) is 30.3 Å². The first-order valence-corrected chi connectivity index (χ1v) is 6.60. The summed E-state index contributed by atoms with van der Waals surface area (Å²) in [6, 6.07) is 10.5.